The molecule has 2 aliphatic heterocycles. The summed E-state index contributed by atoms with van der Waals surface area (Å²) in [5, 5.41) is 0. The zero-order valence-corrected chi connectivity index (χ0v) is 12.7. The van der Waals surface area contributed by atoms with E-state index in [-0.39, 0.29) is 18.1 Å². The van der Waals surface area contributed by atoms with Crippen LogP contribution in [-0.2, 0) is 19.5 Å². The summed E-state index contributed by atoms with van der Waals surface area (Å²) in [5.74, 6) is 0.630. The maximum Gasteiger partial charge on any atom is 0.214 e. The first kappa shape index (κ1) is 15.2. The number of hydrogen-bond donors (Lipinski definition) is 0. The second-order valence-corrected chi connectivity index (χ2v) is 7.82. The number of hydrogen-bond acceptors (Lipinski definition) is 4. The molecule has 112 valence electrons. The number of ether oxygens (including phenoxy) is 2. The summed E-state index contributed by atoms with van der Waals surface area (Å²) in [7, 11) is -3.19. The Morgan fingerprint density at radius 1 is 1.21 bits per heavy atom. The van der Waals surface area contributed by atoms with Crippen LogP contribution in [0.3, 0.4) is 0 Å². The minimum Gasteiger partial charge on any atom is -0.349 e. The fourth-order valence-corrected chi connectivity index (χ4v) is 4.68. The van der Waals surface area contributed by atoms with E-state index in [1.54, 1.807) is 4.31 Å². The molecule has 2 rings (SSSR count). The Hall–Kier alpha value is -0.170. The van der Waals surface area contributed by atoms with Crippen molar-refractivity contribution in [2.75, 3.05) is 25.5 Å². The monoisotopic (exact) mass is 291 g/mol. The van der Waals surface area contributed by atoms with Gasteiger partial charge in [-0.3, -0.25) is 0 Å². The van der Waals surface area contributed by atoms with Crippen LogP contribution in [-0.4, -0.2) is 50.6 Å². The quantitative estimate of drug-likeness (QED) is 0.772. The Bertz CT molecular complexity index is 376. The summed E-state index contributed by atoms with van der Waals surface area (Å²) in [6.45, 7) is 5.84. The molecule has 5 nitrogen and oxygen atoms in total. The lowest BCUT2D eigenvalue weighted by Gasteiger charge is -2.37. The first-order valence-corrected chi connectivity index (χ1v) is 8.84. The molecule has 0 saturated carbocycles. The summed E-state index contributed by atoms with van der Waals surface area (Å²) >= 11 is 0. The summed E-state index contributed by atoms with van der Waals surface area (Å²) < 4.78 is 37.6. The molecule has 2 fully saturated rings. The highest BCUT2D eigenvalue weighted by Crippen LogP contribution is 2.27. The zero-order chi connectivity index (χ0) is 13.9. The van der Waals surface area contributed by atoms with Gasteiger partial charge in [-0.25, -0.2) is 8.42 Å². The van der Waals surface area contributed by atoms with Gasteiger partial charge in [0.2, 0.25) is 10.0 Å². The lowest BCUT2D eigenvalue weighted by molar-refractivity contribution is -0.0913. The van der Waals surface area contributed by atoms with E-state index in [0.717, 1.165) is 19.3 Å². The number of sulfonamides is 1. The van der Waals surface area contributed by atoms with Crippen LogP contribution >= 0.6 is 0 Å². The van der Waals surface area contributed by atoms with Crippen LogP contribution < -0.4 is 0 Å². The summed E-state index contributed by atoms with van der Waals surface area (Å²) in [5.41, 5.74) is 0. The van der Waals surface area contributed by atoms with Gasteiger partial charge in [0, 0.05) is 6.54 Å². The molecule has 0 aromatic rings. The molecule has 1 unspecified atom stereocenters. The predicted octanol–water partition coefficient (Wildman–Crippen LogP) is 1.59. The minimum atomic E-state index is -3.19. The largest absolute Gasteiger partial charge is 0.349 e. The van der Waals surface area contributed by atoms with Gasteiger partial charge in [-0.05, 0) is 25.2 Å². The maximum absolute atomic E-state index is 12.5. The highest BCUT2D eigenvalue weighted by atomic mass is 32.2. The predicted molar refractivity (Wildman–Crippen MR) is 73.3 cm³/mol. The van der Waals surface area contributed by atoms with Crippen molar-refractivity contribution in [1.29, 1.82) is 0 Å². The van der Waals surface area contributed by atoms with Gasteiger partial charge in [0.25, 0.3) is 0 Å². The van der Waals surface area contributed by atoms with Crippen LogP contribution in [0, 0.1) is 5.92 Å². The first-order chi connectivity index (χ1) is 9.00. The molecule has 0 N–H and O–H groups in total. The van der Waals surface area contributed by atoms with E-state index in [2.05, 4.69) is 0 Å². The molecule has 6 heteroatoms. The molecule has 2 saturated heterocycles. The summed E-state index contributed by atoms with van der Waals surface area (Å²) in [4.78, 5) is 0. The number of rotatable bonds is 5. The van der Waals surface area contributed by atoms with E-state index in [0.29, 0.717) is 32.1 Å². The lowest BCUT2D eigenvalue weighted by Crippen LogP contribution is -2.50. The van der Waals surface area contributed by atoms with Gasteiger partial charge in [0.1, 0.15) is 0 Å². The second-order valence-electron chi connectivity index (χ2n) is 5.78. The molecule has 0 radical (unpaired) electrons. The molecule has 2 heterocycles. The van der Waals surface area contributed by atoms with Crippen molar-refractivity contribution in [3.8, 4) is 0 Å². The lowest BCUT2D eigenvalue weighted by atomic mass is 10.0. The van der Waals surface area contributed by atoms with Crippen LogP contribution in [0.25, 0.3) is 0 Å². The average Bonchev–Trinajstić information content (AvgIpc) is 2.90. The molecule has 1 atom stereocenters. The molecular formula is C13H25NO4S. The SMILES string of the molecule is CC(C)CCS(=O)(=O)N1CCCCC1C1OCCO1. The van der Waals surface area contributed by atoms with Gasteiger partial charge >= 0.3 is 0 Å². The minimum absolute atomic E-state index is 0.131. The Morgan fingerprint density at radius 2 is 1.89 bits per heavy atom. The Labute approximate surface area is 116 Å². The van der Waals surface area contributed by atoms with Gasteiger partial charge in [-0.2, -0.15) is 4.31 Å². The molecule has 2 aliphatic rings. The smallest absolute Gasteiger partial charge is 0.214 e. The van der Waals surface area contributed by atoms with E-state index < -0.39 is 10.0 Å². The van der Waals surface area contributed by atoms with Gasteiger partial charge in [-0.1, -0.05) is 20.3 Å². The second kappa shape index (κ2) is 6.52. The van der Waals surface area contributed by atoms with E-state index >= 15 is 0 Å². The highest BCUT2D eigenvalue weighted by Gasteiger charge is 2.39. The Kier molecular flexibility index (Phi) is 5.22. The highest BCUT2D eigenvalue weighted by molar-refractivity contribution is 7.89. The molecule has 19 heavy (non-hydrogen) atoms. The normalized spacial score (nSPS) is 27.2. The number of piperidine rings is 1. The van der Waals surface area contributed by atoms with Crippen LogP contribution in [0.15, 0.2) is 0 Å². The fraction of sp³-hybridized carbons (Fsp3) is 1.00. The zero-order valence-electron chi connectivity index (χ0n) is 11.9. The van der Waals surface area contributed by atoms with Crippen molar-refractivity contribution in [2.24, 2.45) is 5.92 Å². The molecule has 0 aromatic carbocycles. The van der Waals surface area contributed by atoms with Gasteiger partial charge < -0.3 is 9.47 Å². The molecule has 0 spiro atoms. The molecule has 0 amide bonds. The van der Waals surface area contributed by atoms with Crippen LogP contribution in [0.1, 0.15) is 39.5 Å². The van der Waals surface area contributed by atoms with Crippen molar-refractivity contribution in [3.05, 3.63) is 0 Å². The third-order valence-corrected chi connectivity index (χ3v) is 5.69. The third-order valence-electron chi connectivity index (χ3n) is 3.77. The first-order valence-electron chi connectivity index (χ1n) is 7.23. The summed E-state index contributed by atoms with van der Waals surface area (Å²) in [6.07, 6.45) is 3.16. The standard InChI is InChI=1S/C13H25NO4S/c1-11(2)6-10-19(15,16)14-7-4-3-5-12(14)13-17-8-9-18-13/h11-13H,3-10H2,1-2H3. The van der Waals surface area contributed by atoms with E-state index in [1.165, 1.54) is 0 Å². The molecular weight excluding hydrogens is 266 g/mol. The van der Waals surface area contributed by atoms with Crippen molar-refractivity contribution in [2.45, 2.75) is 51.9 Å². The maximum atomic E-state index is 12.5. The van der Waals surface area contributed by atoms with Crippen molar-refractivity contribution < 1.29 is 17.9 Å². The van der Waals surface area contributed by atoms with E-state index in [4.69, 9.17) is 9.47 Å². The van der Waals surface area contributed by atoms with E-state index in [9.17, 15) is 8.42 Å². The topological polar surface area (TPSA) is 55.8 Å². The van der Waals surface area contributed by atoms with Crippen molar-refractivity contribution >= 4 is 10.0 Å². The van der Waals surface area contributed by atoms with Crippen LogP contribution in [0.2, 0.25) is 0 Å². The van der Waals surface area contributed by atoms with E-state index in [1.807, 2.05) is 13.8 Å². The molecule has 0 aliphatic carbocycles. The Morgan fingerprint density at radius 3 is 2.53 bits per heavy atom. The van der Waals surface area contributed by atoms with Crippen LogP contribution in [0.5, 0.6) is 0 Å². The Balaban J connectivity index is 2.05. The number of nitrogens with zero attached hydrogens (tertiary/aromatic N) is 1. The third kappa shape index (κ3) is 3.90. The summed E-state index contributed by atoms with van der Waals surface area (Å²) in [6, 6.07) is -0.131. The van der Waals surface area contributed by atoms with Crippen molar-refractivity contribution in [3.63, 3.8) is 0 Å². The van der Waals surface area contributed by atoms with Crippen LogP contribution in [0.4, 0.5) is 0 Å². The van der Waals surface area contributed by atoms with Gasteiger partial charge in [0.05, 0.1) is 25.0 Å². The van der Waals surface area contributed by atoms with Crippen molar-refractivity contribution in [1.82, 2.24) is 4.31 Å². The fourth-order valence-electron chi connectivity index (χ4n) is 2.65. The molecule has 0 aromatic heterocycles. The van der Waals surface area contributed by atoms with Gasteiger partial charge in [-0.15, -0.1) is 0 Å². The average molecular weight is 291 g/mol. The molecule has 0 bridgehead atoms. The van der Waals surface area contributed by atoms with Gasteiger partial charge in [0.15, 0.2) is 6.29 Å².